The van der Waals surface area contributed by atoms with Crippen molar-refractivity contribution >= 4 is 17.7 Å². The summed E-state index contributed by atoms with van der Waals surface area (Å²) in [4.78, 5) is 35.1. The number of hydrogen-bond acceptors (Lipinski definition) is 6. The van der Waals surface area contributed by atoms with Gasteiger partial charge in [-0.3, -0.25) is 14.3 Å². The molecule has 2 aromatic heterocycles. The third-order valence-corrected chi connectivity index (χ3v) is 4.50. The van der Waals surface area contributed by atoms with Crippen molar-refractivity contribution < 1.29 is 4.79 Å². The zero-order valence-electron chi connectivity index (χ0n) is 14.1. The van der Waals surface area contributed by atoms with Crippen molar-refractivity contribution in [1.82, 2.24) is 30.0 Å². The minimum atomic E-state index is -0.467. The third-order valence-electron chi connectivity index (χ3n) is 3.54. The van der Waals surface area contributed by atoms with Crippen molar-refractivity contribution in [3.05, 3.63) is 70.7 Å². The van der Waals surface area contributed by atoms with E-state index >= 15 is 0 Å². The molecule has 2 heterocycles. The first-order chi connectivity index (χ1) is 12.6. The summed E-state index contributed by atoms with van der Waals surface area (Å²) in [5.74, 6) is 0.218. The number of carbonyl (C=O) groups excluding carboxylic acids is 1. The summed E-state index contributed by atoms with van der Waals surface area (Å²) in [6, 6.07) is 9.66. The van der Waals surface area contributed by atoms with E-state index < -0.39 is 11.5 Å². The number of amides is 1. The highest BCUT2D eigenvalue weighted by Crippen LogP contribution is 2.17. The lowest BCUT2D eigenvalue weighted by molar-refractivity contribution is 0.0933. The Morgan fingerprint density at radius 1 is 1.35 bits per heavy atom. The molecule has 8 nitrogen and oxygen atoms in total. The molecule has 0 aliphatic heterocycles. The van der Waals surface area contributed by atoms with Crippen LogP contribution < -0.4 is 10.9 Å². The maximum absolute atomic E-state index is 12.3. The van der Waals surface area contributed by atoms with E-state index in [1.807, 2.05) is 37.3 Å². The van der Waals surface area contributed by atoms with E-state index in [-0.39, 0.29) is 11.6 Å². The molecule has 0 saturated carbocycles. The largest absolute Gasteiger partial charge is 0.347 e. The monoisotopic (exact) mass is 370 g/mol. The van der Waals surface area contributed by atoms with Crippen molar-refractivity contribution in [2.24, 2.45) is 0 Å². The minimum Gasteiger partial charge on any atom is -0.347 e. The molecule has 0 unspecified atom stereocenters. The van der Waals surface area contributed by atoms with Crippen LogP contribution in [-0.4, -0.2) is 36.7 Å². The van der Waals surface area contributed by atoms with Crippen LogP contribution in [0.2, 0.25) is 0 Å². The van der Waals surface area contributed by atoms with Crippen molar-refractivity contribution in [2.45, 2.75) is 30.4 Å². The summed E-state index contributed by atoms with van der Waals surface area (Å²) in [6.07, 6.45) is 4.30. The van der Waals surface area contributed by atoms with E-state index in [4.69, 9.17) is 0 Å². The van der Waals surface area contributed by atoms with Crippen molar-refractivity contribution in [3.63, 3.8) is 0 Å². The van der Waals surface area contributed by atoms with Gasteiger partial charge in [-0.2, -0.15) is 5.10 Å². The van der Waals surface area contributed by atoms with Gasteiger partial charge < -0.3 is 10.3 Å². The van der Waals surface area contributed by atoms with Gasteiger partial charge in [-0.15, -0.1) is 0 Å². The predicted octanol–water partition coefficient (Wildman–Crippen LogP) is 1.47. The summed E-state index contributed by atoms with van der Waals surface area (Å²) in [5.41, 5.74) is 0.657. The maximum atomic E-state index is 12.3. The molecule has 1 atom stereocenters. The van der Waals surface area contributed by atoms with Gasteiger partial charge in [0.25, 0.3) is 11.5 Å². The topological polar surface area (TPSA) is 106 Å². The molecular formula is C17H18N6O2S. The molecule has 0 fully saturated rings. The summed E-state index contributed by atoms with van der Waals surface area (Å²) in [6.45, 7) is 2.29. The van der Waals surface area contributed by atoms with Crippen molar-refractivity contribution in [1.29, 1.82) is 0 Å². The van der Waals surface area contributed by atoms with Crippen LogP contribution in [-0.2, 0) is 12.3 Å². The van der Waals surface area contributed by atoms with Crippen LogP contribution in [0.4, 0.5) is 0 Å². The summed E-state index contributed by atoms with van der Waals surface area (Å²) < 4.78 is 1.61. The van der Waals surface area contributed by atoms with Gasteiger partial charge in [0.05, 0.1) is 6.54 Å². The molecule has 26 heavy (non-hydrogen) atoms. The number of carbonyl (C=O) groups is 1. The lowest BCUT2D eigenvalue weighted by atomic mass is 10.2. The van der Waals surface area contributed by atoms with Crippen molar-refractivity contribution in [3.8, 4) is 0 Å². The Bertz CT molecular complexity index is 911. The van der Waals surface area contributed by atoms with Crippen LogP contribution >= 0.6 is 11.8 Å². The smallest absolute Gasteiger partial charge is 0.264 e. The first-order valence-electron chi connectivity index (χ1n) is 8.01. The standard InChI is InChI=1S/C17H18N6O2S/c1-12(8-23-11-18-10-20-23)21-15(24)14-7-19-17(22-16(14)25)26-9-13-5-3-2-4-6-13/h2-7,10-12H,8-9H2,1H3,(H,21,24)(H,19,22,25)/t12-/m1/s1. The fraction of sp³-hybridized carbons (Fsp3) is 0.235. The van der Waals surface area contributed by atoms with Gasteiger partial charge in [-0.05, 0) is 12.5 Å². The highest BCUT2D eigenvalue weighted by atomic mass is 32.2. The molecule has 3 rings (SSSR count). The number of benzene rings is 1. The second kappa shape index (κ2) is 8.43. The Balaban J connectivity index is 1.59. The lowest BCUT2D eigenvalue weighted by Gasteiger charge is -2.13. The fourth-order valence-electron chi connectivity index (χ4n) is 2.29. The van der Waals surface area contributed by atoms with Gasteiger partial charge in [-0.25, -0.2) is 9.97 Å². The minimum absolute atomic E-state index is 0.0144. The Labute approximate surface area is 154 Å². The number of H-pyrrole nitrogens is 1. The average Bonchev–Trinajstić information content (AvgIpc) is 3.13. The molecule has 0 spiro atoms. The molecule has 0 aliphatic carbocycles. The van der Waals surface area contributed by atoms with E-state index in [0.29, 0.717) is 17.5 Å². The molecule has 9 heteroatoms. The molecule has 1 aromatic carbocycles. The Hall–Kier alpha value is -2.94. The third kappa shape index (κ3) is 4.79. The van der Waals surface area contributed by atoms with Crippen LogP contribution in [0.1, 0.15) is 22.8 Å². The van der Waals surface area contributed by atoms with Gasteiger partial charge in [0.15, 0.2) is 5.16 Å². The number of nitrogens with one attached hydrogen (secondary N) is 2. The zero-order valence-corrected chi connectivity index (χ0v) is 14.9. The molecule has 0 bridgehead atoms. The SMILES string of the molecule is C[C@H](Cn1cncn1)NC(=O)c1cnc(SCc2ccccc2)[nH]c1=O. The number of nitrogens with zero attached hydrogens (tertiary/aromatic N) is 4. The highest BCUT2D eigenvalue weighted by Gasteiger charge is 2.15. The Morgan fingerprint density at radius 3 is 2.85 bits per heavy atom. The van der Waals surface area contributed by atoms with E-state index in [2.05, 4.69) is 25.4 Å². The molecule has 134 valence electrons. The molecule has 3 aromatic rings. The summed E-state index contributed by atoms with van der Waals surface area (Å²) in [7, 11) is 0. The van der Waals surface area contributed by atoms with E-state index in [0.717, 1.165) is 5.56 Å². The first-order valence-corrected chi connectivity index (χ1v) is 8.99. The molecule has 0 aliphatic rings. The molecule has 2 N–H and O–H groups in total. The van der Waals surface area contributed by atoms with Gasteiger partial charge in [0, 0.05) is 18.0 Å². The van der Waals surface area contributed by atoms with Crippen LogP contribution in [0, 0.1) is 0 Å². The normalized spacial score (nSPS) is 11.9. The van der Waals surface area contributed by atoms with Gasteiger partial charge >= 0.3 is 0 Å². The summed E-state index contributed by atoms with van der Waals surface area (Å²) >= 11 is 1.41. The molecule has 0 radical (unpaired) electrons. The van der Waals surface area contributed by atoms with E-state index in [9.17, 15) is 9.59 Å². The highest BCUT2D eigenvalue weighted by molar-refractivity contribution is 7.98. The second-order valence-electron chi connectivity index (χ2n) is 5.70. The van der Waals surface area contributed by atoms with Crippen LogP contribution in [0.25, 0.3) is 0 Å². The Kier molecular flexibility index (Phi) is 5.80. The van der Waals surface area contributed by atoms with Crippen molar-refractivity contribution in [2.75, 3.05) is 0 Å². The lowest BCUT2D eigenvalue weighted by Crippen LogP contribution is -2.38. The fourth-order valence-corrected chi connectivity index (χ4v) is 3.08. The average molecular weight is 370 g/mol. The second-order valence-corrected chi connectivity index (χ2v) is 6.66. The van der Waals surface area contributed by atoms with E-state index in [1.165, 1.54) is 24.3 Å². The number of aromatic nitrogens is 5. The van der Waals surface area contributed by atoms with Gasteiger partial charge in [-0.1, -0.05) is 42.1 Å². The molecular weight excluding hydrogens is 352 g/mol. The van der Waals surface area contributed by atoms with E-state index in [1.54, 1.807) is 11.0 Å². The van der Waals surface area contributed by atoms with Crippen LogP contribution in [0.15, 0.2) is 59.1 Å². The maximum Gasteiger partial charge on any atom is 0.264 e. The number of thioether (sulfide) groups is 1. The first kappa shape index (κ1) is 17.9. The van der Waals surface area contributed by atoms with Crippen LogP contribution in [0.3, 0.4) is 0 Å². The van der Waals surface area contributed by atoms with Gasteiger partial charge in [0.1, 0.15) is 18.2 Å². The van der Waals surface area contributed by atoms with Gasteiger partial charge in [0.2, 0.25) is 0 Å². The Morgan fingerprint density at radius 2 is 2.15 bits per heavy atom. The quantitative estimate of drug-likeness (QED) is 0.482. The van der Waals surface area contributed by atoms with Crippen LogP contribution in [0.5, 0.6) is 0 Å². The number of hydrogen-bond donors (Lipinski definition) is 2. The number of aromatic amines is 1. The number of rotatable bonds is 7. The molecule has 0 saturated heterocycles. The predicted molar refractivity (Wildman–Crippen MR) is 97.8 cm³/mol. The molecule has 1 amide bonds. The zero-order chi connectivity index (χ0) is 18.4. The summed E-state index contributed by atoms with van der Waals surface area (Å²) in [5, 5.41) is 7.22.